The van der Waals surface area contributed by atoms with Gasteiger partial charge in [-0.05, 0) is 13.8 Å². The molecule has 24 heavy (non-hydrogen) atoms. The number of aryl methyl sites for hydroxylation is 1. The van der Waals surface area contributed by atoms with Gasteiger partial charge in [-0.25, -0.2) is 4.79 Å². The molecule has 0 spiro atoms. The minimum absolute atomic E-state index is 0.123. The van der Waals surface area contributed by atoms with Crippen LogP contribution in [0.1, 0.15) is 30.4 Å². The molecule has 0 bridgehead atoms. The Morgan fingerprint density at radius 3 is 2.42 bits per heavy atom. The molecule has 2 heterocycles. The Kier molecular flexibility index (Phi) is 5.23. The highest BCUT2D eigenvalue weighted by Gasteiger charge is 2.48. The number of alkyl halides is 1. The molecule has 1 aliphatic heterocycles. The quantitative estimate of drug-likeness (QED) is 0.615. The van der Waals surface area contributed by atoms with Gasteiger partial charge in [-0.2, -0.15) is 4.57 Å². The summed E-state index contributed by atoms with van der Waals surface area (Å²) in [6.45, 7) is 3.64. The van der Waals surface area contributed by atoms with E-state index in [0.717, 1.165) is 18.4 Å². The first-order valence-corrected chi connectivity index (χ1v) is 8.01. The summed E-state index contributed by atoms with van der Waals surface area (Å²) in [5.41, 5.74) is -1.55. The van der Waals surface area contributed by atoms with Crippen LogP contribution in [0.25, 0.3) is 0 Å². The minimum Gasteiger partial charge on any atom is -0.389 e. The van der Waals surface area contributed by atoms with E-state index in [2.05, 4.69) is 15.9 Å². The van der Waals surface area contributed by atoms with Gasteiger partial charge in [-0.3, -0.25) is 19.0 Å². The molecule has 0 radical (unpaired) electrons. The molecule has 9 nitrogen and oxygen atoms in total. The van der Waals surface area contributed by atoms with Crippen molar-refractivity contribution in [1.82, 2.24) is 9.13 Å². The molecule has 1 unspecified atom stereocenters. The molecule has 10 heteroatoms. The van der Waals surface area contributed by atoms with Gasteiger partial charge in [0.25, 0.3) is 5.56 Å². The minimum atomic E-state index is -1.57. The fourth-order valence-electron chi connectivity index (χ4n) is 2.54. The van der Waals surface area contributed by atoms with Gasteiger partial charge in [-0.1, -0.05) is 15.9 Å². The van der Waals surface area contributed by atoms with Crippen molar-refractivity contribution in [1.29, 1.82) is 0 Å². The van der Waals surface area contributed by atoms with E-state index in [1.54, 1.807) is 0 Å². The van der Waals surface area contributed by atoms with Crippen molar-refractivity contribution >= 4 is 27.6 Å². The number of ether oxygens (including phenoxy) is 1. The second-order valence-electron chi connectivity index (χ2n) is 5.64. The van der Waals surface area contributed by atoms with Crippen LogP contribution in [-0.4, -0.2) is 54.2 Å². The number of ketones is 1. The average Bonchev–Trinajstić information content (AvgIpc) is 2.78. The number of aromatic nitrogens is 2. The number of nitrogens with zero attached hydrogens (tertiary/aromatic N) is 2. The highest BCUT2D eigenvalue weighted by molar-refractivity contribution is 9.09. The first-order chi connectivity index (χ1) is 11.1. The Bertz CT molecular complexity index is 799. The second kappa shape index (κ2) is 6.71. The van der Waals surface area contributed by atoms with Gasteiger partial charge >= 0.3 is 5.69 Å². The Morgan fingerprint density at radius 2 is 1.92 bits per heavy atom. The maximum atomic E-state index is 12.4. The Labute approximate surface area is 144 Å². The van der Waals surface area contributed by atoms with Gasteiger partial charge in [0.15, 0.2) is 12.0 Å². The molecule has 1 aromatic rings. The third-order valence-electron chi connectivity index (χ3n) is 3.83. The van der Waals surface area contributed by atoms with Gasteiger partial charge in [0.2, 0.25) is 5.91 Å². The van der Waals surface area contributed by atoms with Crippen LogP contribution in [0.5, 0.6) is 0 Å². The van der Waals surface area contributed by atoms with E-state index < -0.39 is 52.3 Å². The van der Waals surface area contributed by atoms with E-state index in [4.69, 9.17) is 4.74 Å². The van der Waals surface area contributed by atoms with E-state index in [0.29, 0.717) is 4.57 Å². The summed E-state index contributed by atoms with van der Waals surface area (Å²) in [6.07, 6.45) is -4.00. The van der Waals surface area contributed by atoms with Crippen molar-refractivity contribution in [2.24, 2.45) is 0 Å². The lowest BCUT2D eigenvalue weighted by Gasteiger charge is -2.20. The third kappa shape index (κ3) is 3.02. The molecular formula is C14H17BrN2O7. The fraction of sp³-hybridized carbons (Fsp3) is 0.571. The van der Waals surface area contributed by atoms with E-state index in [9.17, 15) is 29.4 Å². The number of aliphatic hydroxyl groups excluding tert-OH is 2. The SMILES string of the molecule is CC(=O)C(O)[C@H]1O[C@@H](n2cc(C)c(=O)n(C(C)=O)c2=O)[C@H](Br)[C@@H]1O. The van der Waals surface area contributed by atoms with Crippen LogP contribution in [-0.2, 0) is 9.53 Å². The van der Waals surface area contributed by atoms with E-state index in [-0.39, 0.29) is 5.56 Å². The van der Waals surface area contributed by atoms with Gasteiger partial charge < -0.3 is 14.9 Å². The maximum absolute atomic E-state index is 12.4. The highest BCUT2D eigenvalue weighted by atomic mass is 79.9. The summed E-state index contributed by atoms with van der Waals surface area (Å²) in [5, 5.41) is 20.0. The monoisotopic (exact) mass is 404 g/mol. The number of carbonyl (C=O) groups excluding carboxylic acids is 2. The van der Waals surface area contributed by atoms with Crippen LogP contribution < -0.4 is 11.2 Å². The molecule has 132 valence electrons. The number of carbonyl (C=O) groups is 2. The van der Waals surface area contributed by atoms with Gasteiger partial charge in [-0.15, -0.1) is 0 Å². The summed E-state index contributed by atoms with van der Waals surface area (Å²) in [7, 11) is 0. The smallest absolute Gasteiger partial charge is 0.340 e. The zero-order chi connectivity index (χ0) is 18.3. The van der Waals surface area contributed by atoms with Crippen molar-refractivity contribution in [2.45, 2.75) is 50.1 Å². The number of aliphatic hydroxyl groups is 2. The zero-order valence-electron chi connectivity index (χ0n) is 13.2. The number of Topliss-reactive ketones (excluding diaryl/α,β-unsaturated/α-hetero) is 1. The van der Waals surface area contributed by atoms with Crippen LogP contribution >= 0.6 is 15.9 Å². The molecule has 1 saturated heterocycles. The van der Waals surface area contributed by atoms with E-state index in [1.165, 1.54) is 13.1 Å². The number of hydrogen-bond acceptors (Lipinski definition) is 7. The van der Waals surface area contributed by atoms with Crippen molar-refractivity contribution in [2.75, 3.05) is 0 Å². The highest BCUT2D eigenvalue weighted by Crippen LogP contribution is 2.35. The molecule has 2 rings (SSSR count). The summed E-state index contributed by atoms with van der Waals surface area (Å²) >= 11 is 3.17. The van der Waals surface area contributed by atoms with Crippen molar-refractivity contribution in [3.05, 3.63) is 32.6 Å². The second-order valence-corrected chi connectivity index (χ2v) is 6.70. The molecule has 5 atom stereocenters. The Balaban J connectivity index is 2.54. The van der Waals surface area contributed by atoms with Crippen LogP contribution in [0.3, 0.4) is 0 Å². The molecule has 1 fully saturated rings. The number of halogens is 1. The molecule has 1 aliphatic rings. The topological polar surface area (TPSA) is 128 Å². The van der Waals surface area contributed by atoms with Gasteiger partial charge in [0.05, 0.1) is 4.83 Å². The summed E-state index contributed by atoms with van der Waals surface area (Å²) in [5.74, 6) is -1.36. The van der Waals surface area contributed by atoms with E-state index >= 15 is 0 Å². The van der Waals surface area contributed by atoms with Crippen molar-refractivity contribution in [3.8, 4) is 0 Å². The number of rotatable bonds is 3. The lowest BCUT2D eigenvalue weighted by molar-refractivity contribution is -0.139. The van der Waals surface area contributed by atoms with Gasteiger partial charge in [0, 0.05) is 18.7 Å². The third-order valence-corrected chi connectivity index (χ3v) is 4.83. The van der Waals surface area contributed by atoms with Crippen LogP contribution in [0.15, 0.2) is 15.8 Å². The van der Waals surface area contributed by atoms with E-state index in [1.807, 2.05) is 0 Å². The predicted molar refractivity (Wildman–Crippen MR) is 85.3 cm³/mol. The summed E-state index contributed by atoms with van der Waals surface area (Å²) in [6, 6.07) is 0. The lowest BCUT2D eigenvalue weighted by atomic mass is 10.0. The average molecular weight is 405 g/mol. The molecule has 0 amide bonds. The predicted octanol–water partition coefficient (Wildman–Crippen LogP) is -1.05. The first kappa shape index (κ1) is 18.7. The summed E-state index contributed by atoms with van der Waals surface area (Å²) < 4.78 is 6.91. The normalized spacial score (nSPS) is 27.9. The van der Waals surface area contributed by atoms with Crippen LogP contribution in [0.4, 0.5) is 0 Å². The fourth-order valence-corrected chi connectivity index (χ4v) is 3.22. The Hall–Kier alpha value is -1.62. The van der Waals surface area contributed by atoms with Crippen molar-refractivity contribution in [3.63, 3.8) is 0 Å². The molecule has 0 aromatic carbocycles. The van der Waals surface area contributed by atoms with Crippen molar-refractivity contribution < 1.29 is 24.5 Å². The molecule has 0 saturated carbocycles. The Morgan fingerprint density at radius 1 is 1.33 bits per heavy atom. The zero-order valence-corrected chi connectivity index (χ0v) is 14.8. The summed E-state index contributed by atoms with van der Waals surface area (Å²) in [4.78, 5) is 46.4. The van der Waals surface area contributed by atoms with Crippen LogP contribution in [0.2, 0.25) is 0 Å². The first-order valence-electron chi connectivity index (χ1n) is 7.09. The van der Waals surface area contributed by atoms with Gasteiger partial charge in [0.1, 0.15) is 18.3 Å². The largest absolute Gasteiger partial charge is 0.389 e. The molecule has 2 N–H and O–H groups in total. The van der Waals surface area contributed by atoms with Crippen LogP contribution in [0, 0.1) is 6.92 Å². The number of hydrogen-bond donors (Lipinski definition) is 2. The maximum Gasteiger partial charge on any atom is 0.340 e. The lowest BCUT2D eigenvalue weighted by Crippen LogP contribution is -2.45. The molecule has 0 aliphatic carbocycles. The molecular weight excluding hydrogens is 388 g/mol. The molecule has 1 aromatic heterocycles. The standard InChI is InChI=1S/C14H17BrN2O7/c1-5-4-16(14(23)17(7(3)19)12(5)22)13-8(15)10(21)11(24-13)9(20)6(2)18/h4,8-11,13,20-21H,1-3H3/t8-,9?,10+,11-,13-/m1/s1.